The zero-order chi connectivity index (χ0) is 12.0. The number of nitrogens with one attached hydrogen (secondary N) is 2. The molecule has 0 bridgehead atoms. The lowest BCUT2D eigenvalue weighted by Crippen LogP contribution is -2.22. The van der Waals surface area contributed by atoms with E-state index in [1.54, 1.807) is 32.3 Å². The van der Waals surface area contributed by atoms with Crippen molar-refractivity contribution in [3.63, 3.8) is 0 Å². The van der Waals surface area contributed by atoms with E-state index in [2.05, 4.69) is 15.6 Å². The topological polar surface area (TPSA) is 71.1 Å². The number of nitrogens with zero attached hydrogens (tertiary/aromatic N) is 1. The van der Waals surface area contributed by atoms with E-state index in [1.165, 1.54) is 0 Å². The third-order valence-corrected chi connectivity index (χ3v) is 2.11. The normalized spacial score (nSPS) is 9.62. The molecular weight excluding hydrogens is 206 g/mol. The Balaban J connectivity index is 2.71. The number of aromatic nitrogens is 1. The second-order valence-corrected chi connectivity index (χ2v) is 3.32. The molecule has 5 nitrogen and oxygen atoms in total. The summed E-state index contributed by atoms with van der Waals surface area (Å²) in [6.45, 7) is 0. The molecule has 0 unspecified atom stereocenters. The zero-order valence-corrected chi connectivity index (χ0v) is 9.41. The van der Waals surface area contributed by atoms with Crippen LogP contribution in [0.1, 0.15) is 11.4 Å². The van der Waals surface area contributed by atoms with Gasteiger partial charge < -0.3 is 10.6 Å². The minimum Gasteiger partial charge on any atom is -0.359 e. The first-order chi connectivity index (χ1) is 7.65. The van der Waals surface area contributed by atoms with Gasteiger partial charge in [0, 0.05) is 25.5 Å². The van der Waals surface area contributed by atoms with Gasteiger partial charge in [0.05, 0.1) is 12.8 Å². The number of pyridine rings is 1. The van der Waals surface area contributed by atoms with E-state index in [0.29, 0.717) is 11.4 Å². The Morgan fingerprint density at radius 2 is 1.50 bits per heavy atom. The molecule has 5 heteroatoms. The molecule has 0 aliphatic rings. The van der Waals surface area contributed by atoms with E-state index in [1.807, 2.05) is 0 Å². The molecule has 86 valence electrons. The van der Waals surface area contributed by atoms with Gasteiger partial charge in [0.1, 0.15) is 0 Å². The van der Waals surface area contributed by atoms with Crippen LogP contribution in [0.4, 0.5) is 0 Å². The Morgan fingerprint density at radius 3 is 1.88 bits per heavy atom. The standard InChI is InChI=1S/C11H15N3O2/c1-12-10(15)6-8-4-3-5-9(14-8)7-11(16)13-2/h3-5H,6-7H2,1-2H3,(H,12,15)(H,13,16). The van der Waals surface area contributed by atoms with Gasteiger partial charge in [-0.05, 0) is 12.1 Å². The van der Waals surface area contributed by atoms with E-state index in [9.17, 15) is 9.59 Å². The Labute approximate surface area is 94.3 Å². The third kappa shape index (κ3) is 3.68. The van der Waals surface area contributed by atoms with Crippen molar-refractivity contribution in [3.05, 3.63) is 29.6 Å². The van der Waals surface area contributed by atoms with Crippen molar-refractivity contribution in [2.24, 2.45) is 0 Å². The minimum absolute atomic E-state index is 0.0930. The van der Waals surface area contributed by atoms with Gasteiger partial charge in [-0.25, -0.2) is 0 Å². The van der Waals surface area contributed by atoms with Gasteiger partial charge in [-0.3, -0.25) is 14.6 Å². The first-order valence-electron chi connectivity index (χ1n) is 5.01. The molecule has 0 saturated heterocycles. The highest BCUT2D eigenvalue weighted by Crippen LogP contribution is 2.01. The van der Waals surface area contributed by atoms with Gasteiger partial charge in [-0.2, -0.15) is 0 Å². The molecule has 0 saturated carbocycles. The molecule has 2 N–H and O–H groups in total. The molecule has 0 aliphatic carbocycles. The largest absolute Gasteiger partial charge is 0.359 e. The highest BCUT2D eigenvalue weighted by Gasteiger charge is 2.05. The van der Waals surface area contributed by atoms with Crippen molar-refractivity contribution in [3.8, 4) is 0 Å². The molecule has 16 heavy (non-hydrogen) atoms. The van der Waals surface area contributed by atoms with Crippen LogP contribution >= 0.6 is 0 Å². The first kappa shape index (κ1) is 12.2. The molecule has 0 aliphatic heterocycles. The van der Waals surface area contributed by atoms with Gasteiger partial charge in [-0.15, -0.1) is 0 Å². The third-order valence-electron chi connectivity index (χ3n) is 2.11. The second kappa shape index (κ2) is 5.85. The number of carbonyl (C=O) groups is 2. The molecule has 0 atom stereocenters. The van der Waals surface area contributed by atoms with E-state index in [4.69, 9.17) is 0 Å². The molecule has 2 amide bonds. The fourth-order valence-corrected chi connectivity index (χ4v) is 1.23. The van der Waals surface area contributed by atoms with Crippen molar-refractivity contribution in [1.82, 2.24) is 15.6 Å². The SMILES string of the molecule is CNC(=O)Cc1cccc(CC(=O)NC)n1. The number of likely N-dealkylation sites (N-methyl/N-ethyl adjacent to an activating group) is 2. The van der Waals surface area contributed by atoms with Crippen molar-refractivity contribution in [2.75, 3.05) is 14.1 Å². The molecule has 1 aromatic heterocycles. The van der Waals surface area contributed by atoms with E-state index < -0.39 is 0 Å². The average Bonchev–Trinajstić information content (AvgIpc) is 2.29. The summed E-state index contributed by atoms with van der Waals surface area (Å²) >= 11 is 0. The lowest BCUT2D eigenvalue weighted by atomic mass is 10.2. The summed E-state index contributed by atoms with van der Waals surface area (Å²) in [5.74, 6) is -0.186. The average molecular weight is 221 g/mol. The van der Waals surface area contributed by atoms with E-state index in [0.717, 1.165) is 0 Å². The predicted molar refractivity (Wildman–Crippen MR) is 59.8 cm³/mol. The summed E-state index contributed by atoms with van der Waals surface area (Å²) < 4.78 is 0. The number of rotatable bonds is 4. The van der Waals surface area contributed by atoms with Gasteiger partial charge in [0.25, 0.3) is 0 Å². The van der Waals surface area contributed by atoms with Crippen LogP contribution in [0.25, 0.3) is 0 Å². The Hall–Kier alpha value is -1.91. The van der Waals surface area contributed by atoms with Crippen molar-refractivity contribution in [1.29, 1.82) is 0 Å². The molecule has 0 fully saturated rings. The molecule has 1 heterocycles. The summed E-state index contributed by atoms with van der Waals surface area (Å²) in [6.07, 6.45) is 0.468. The van der Waals surface area contributed by atoms with Gasteiger partial charge in [-0.1, -0.05) is 6.07 Å². The number of hydrogen-bond donors (Lipinski definition) is 2. The Kier molecular flexibility index (Phi) is 4.44. The van der Waals surface area contributed by atoms with Crippen LogP contribution in [0, 0.1) is 0 Å². The monoisotopic (exact) mass is 221 g/mol. The maximum absolute atomic E-state index is 11.1. The van der Waals surface area contributed by atoms with E-state index >= 15 is 0 Å². The molecule has 0 aromatic carbocycles. The van der Waals surface area contributed by atoms with Crippen molar-refractivity contribution < 1.29 is 9.59 Å². The number of carbonyl (C=O) groups excluding carboxylic acids is 2. The maximum atomic E-state index is 11.1. The smallest absolute Gasteiger partial charge is 0.225 e. The van der Waals surface area contributed by atoms with Crippen LogP contribution in [0.5, 0.6) is 0 Å². The summed E-state index contributed by atoms with van der Waals surface area (Å²) in [5.41, 5.74) is 1.33. The summed E-state index contributed by atoms with van der Waals surface area (Å²) in [4.78, 5) is 26.5. The van der Waals surface area contributed by atoms with Crippen LogP contribution in [-0.2, 0) is 22.4 Å². The van der Waals surface area contributed by atoms with Crippen LogP contribution < -0.4 is 10.6 Å². The fraction of sp³-hybridized carbons (Fsp3) is 0.364. The molecular formula is C11H15N3O2. The Bertz CT molecular complexity index is 357. The maximum Gasteiger partial charge on any atom is 0.225 e. The molecule has 1 rings (SSSR count). The van der Waals surface area contributed by atoms with Crippen LogP contribution in [0.3, 0.4) is 0 Å². The van der Waals surface area contributed by atoms with Gasteiger partial charge in [0.2, 0.25) is 11.8 Å². The lowest BCUT2D eigenvalue weighted by Gasteiger charge is -2.03. The summed E-state index contributed by atoms with van der Waals surface area (Å²) in [6, 6.07) is 5.33. The second-order valence-electron chi connectivity index (χ2n) is 3.32. The first-order valence-corrected chi connectivity index (χ1v) is 5.01. The highest BCUT2D eigenvalue weighted by molar-refractivity contribution is 5.78. The fourth-order valence-electron chi connectivity index (χ4n) is 1.23. The number of hydrogen-bond acceptors (Lipinski definition) is 3. The van der Waals surface area contributed by atoms with Crippen molar-refractivity contribution in [2.45, 2.75) is 12.8 Å². The molecule has 1 aromatic rings. The predicted octanol–water partition coefficient (Wildman–Crippen LogP) is -0.341. The van der Waals surface area contributed by atoms with Crippen LogP contribution in [0.15, 0.2) is 18.2 Å². The van der Waals surface area contributed by atoms with Crippen LogP contribution in [0.2, 0.25) is 0 Å². The molecule has 0 radical (unpaired) electrons. The Morgan fingerprint density at radius 1 is 1.06 bits per heavy atom. The van der Waals surface area contributed by atoms with Crippen molar-refractivity contribution >= 4 is 11.8 Å². The molecule has 0 spiro atoms. The highest BCUT2D eigenvalue weighted by atomic mass is 16.2. The lowest BCUT2D eigenvalue weighted by molar-refractivity contribution is -0.120. The quantitative estimate of drug-likeness (QED) is 0.730. The number of amides is 2. The van der Waals surface area contributed by atoms with Crippen LogP contribution in [-0.4, -0.2) is 30.9 Å². The van der Waals surface area contributed by atoms with E-state index in [-0.39, 0.29) is 24.7 Å². The minimum atomic E-state index is -0.0930. The zero-order valence-electron chi connectivity index (χ0n) is 9.41. The van der Waals surface area contributed by atoms with Gasteiger partial charge in [0.15, 0.2) is 0 Å². The summed E-state index contributed by atoms with van der Waals surface area (Å²) in [5, 5.41) is 5.05. The van der Waals surface area contributed by atoms with Gasteiger partial charge >= 0.3 is 0 Å². The summed E-state index contributed by atoms with van der Waals surface area (Å²) in [7, 11) is 3.16.